The molecule has 0 unspecified atom stereocenters. The van der Waals surface area contributed by atoms with Crippen LogP contribution in [0.1, 0.15) is 30.5 Å². The van der Waals surface area contributed by atoms with Crippen molar-refractivity contribution in [2.75, 3.05) is 9.80 Å². The molecule has 0 bridgehead atoms. The Hall–Kier alpha value is -8.08. The van der Waals surface area contributed by atoms with Crippen LogP contribution in [0, 0.1) is 6.92 Å². The zero-order valence-corrected chi connectivity index (χ0v) is 35.8. The molecule has 0 fully saturated rings. The van der Waals surface area contributed by atoms with Crippen molar-refractivity contribution >= 4 is 99.5 Å². The monoisotopic (exact) mass is 822 g/mol. The molecule has 1 aliphatic rings. The number of benzene rings is 10. The van der Waals surface area contributed by atoms with E-state index in [1.807, 2.05) is 24.3 Å². The van der Waals surface area contributed by atoms with E-state index in [1.54, 1.807) is 0 Å². The minimum Gasteiger partial charge on any atom is -0.456 e. The van der Waals surface area contributed by atoms with Crippen LogP contribution in [0.15, 0.2) is 209 Å². The van der Waals surface area contributed by atoms with E-state index in [4.69, 9.17) is 8.83 Å². The van der Waals surface area contributed by atoms with Crippen molar-refractivity contribution in [3.63, 3.8) is 0 Å². The van der Waals surface area contributed by atoms with E-state index < -0.39 is 0 Å². The lowest BCUT2D eigenvalue weighted by atomic mass is 9.67. The van der Waals surface area contributed by atoms with Gasteiger partial charge in [-0.15, -0.1) is 0 Å². The van der Waals surface area contributed by atoms with E-state index in [9.17, 15) is 0 Å². The van der Waals surface area contributed by atoms with Crippen LogP contribution in [-0.4, -0.2) is 0 Å². The summed E-state index contributed by atoms with van der Waals surface area (Å²) in [6.07, 6.45) is 0. The quantitative estimate of drug-likeness (QED) is 0.156. The van der Waals surface area contributed by atoms with Gasteiger partial charge in [0.05, 0.1) is 0 Å². The van der Waals surface area contributed by atoms with Gasteiger partial charge < -0.3 is 18.6 Å². The largest absolute Gasteiger partial charge is 0.456 e. The first-order valence-electron chi connectivity index (χ1n) is 22.1. The molecule has 4 heteroatoms. The minimum atomic E-state index is -0.290. The van der Waals surface area contributed by atoms with Crippen molar-refractivity contribution in [2.24, 2.45) is 0 Å². The number of para-hydroxylation sites is 4. The van der Waals surface area contributed by atoms with Crippen LogP contribution in [0.25, 0.3) is 76.5 Å². The summed E-state index contributed by atoms with van der Waals surface area (Å²) in [4.78, 5) is 4.76. The molecule has 0 aliphatic heterocycles. The van der Waals surface area contributed by atoms with Gasteiger partial charge >= 0.3 is 0 Å². The summed E-state index contributed by atoms with van der Waals surface area (Å²) in [5.74, 6) is 0. The molecule has 0 N–H and O–H groups in total. The molecule has 0 amide bonds. The number of fused-ring (bicyclic) bond motifs is 10. The van der Waals surface area contributed by atoms with Crippen molar-refractivity contribution in [3.05, 3.63) is 217 Å². The van der Waals surface area contributed by atoms with Crippen LogP contribution in [-0.2, 0) is 5.41 Å². The zero-order chi connectivity index (χ0) is 42.7. The van der Waals surface area contributed by atoms with E-state index >= 15 is 0 Å². The van der Waals surface area contributed by atoms with Gasteiger partial charge in [0, 0.05) is 61.1 Å². The molecule has 0 spiro atoms. The van der Waals surface area contributed by atoms with Gasteiger partial charge in [0.2, 0.25) is 0 Å². The van der Waals surface area contributed by atoms with E-state index in [0.717, 1.165) is 78.0 Å². The van der Waals surface area contributed by atoms with Crippen molar-refractivity contribution < 1.29 is 8.83 Å². The summed E-state index contributed by atoms with van der Waals surface area (Å²) in [5, 5.41) is 9.58. The third-order valence-corrected chi connectivity index (χ3v) is 13.8. The summed E-state index contributed by atoms with van der Waals surface area (Å²) in [5.41, 5.74) is 16.4. The number of rotatable bonds is 6. The van der Waals surface area contributed by atoms with Crippen molar-refractivity contribution in [1.29, 1.82) is 0 Å². The average Bonchev–Trinajstić information content (AvgIpc) is 3.90. The van der Waals surface area contributed by atoms with Gasteiger partial charge in [-0.2, -0.15) is 0 Å². The average molecular weight is 823 g/mol. The number of nitrogens with zero attached hydrogens (tertiary/aromatic N) is 2. The van der Waals surface area contributed by atoms with Gasteiger partial charge in [0.15, 0.2) is 0 Å². The number of hydrogen-bond acceptors (Lipinski definition) is 4. The maximum Gasteiger partial charge on any atom is 0.135 e. The highest BCUT2D eigenvalue weighted by molar-refractivity contribution is 6.19. The van der Waals surface area contributed by atoms with Crippen molar-refractivity contribution in [2.45, 2.75) is 26.2 Å². The van der Waals surface area contributed by atoms with E-state index in [1.165, 1.54) is 49.4 Å². The van der Waals surface area contributed by atoms with Gasteiger partial charge in [0.25, 0.3) is 0 Å². The second kappa shape index (κ2) is 13.7. The standard InChI is InChI=1S/C60H42N2O2/c1-37-44-29-25-40(61(38-15-6-4-7-16-38)41-27-31-56-50(34-41)45-19-10-12-23-54(45)63-56)33-49(44)47-21-14-22-52-59(47)58(37)48-30-26-43(36-53(48)60(52,2)3)62(39-17-8-5-9-18-39)42-28-32-57-51(35-42)46-20-11-13-24-55(46)64-57/h4-36H,1-3H3. The maximum absolute atomic E-state index is 6.26. The van der Waals surface area contributed by atoms with Crippen LogP contribution in [0.3, 0.4) is 0 Å². The first-order chi connectivity index (χ1) is 31.4. The van der Waals surface area contributed by atoms with E-state index in [0.29, 0.717) is 0 Å². The normalized spacial score (nSPS) is 13.0. The molecule has 1 aliphatic carbocycles. The lowest BCUT2D eigenvalue weighted by Gasteiger charge is -2.37. The lowest BCUT2D eigenvalue weighted by Crippen LogP contribution is -2.24. The summed E-state index contributed by atoms with van der Waals surface area (Å²) >= 11 is 0. The first-order valence-corrected chi connectivity index (χ1v) is 22.1. The fourth-order valence-electron chi connectivity index (χ4n) is 10.8. The zero-order valence-electron chi connectivity index (χ0n) is 35.8. The van der Waals surface area contributed by atoms with Crippen LogP contribution in [0.2, 0.25) is 0 Å². The highest BCUT2D eigenvalue weighted by atomic mass is 16.3. The smallest absolute Gasteiger partial charge is 0.135 e. The number of furan rings is 2. The highest BCUT2D eigenvalue weighted by Crippen LogP contribution is 2.54. The Morgan fingerprint density at radius 1 is 0.344 bits per heavy atom. The van der Waals surface area contributed by atoms with E-state index in [-0.39, 0.29) is 5.41 Å². The molecule has 0 saturated carbocycles. The second-order valence-corrected chi connectivity index (χ2v) is 17.7. The molecule has 2 heterocycles. The summed E-state index contributed by atoms with van der Waals surface area (Å²) in [7, 11) is 0. The Kier molecular flexibility index (Phi) is 7.83. The van der Waals surface area contributed by atoms with Gasteiger partial charge in [-0.3, -0.25) is 0 Å². The number of hydrogen-bond donors (Lipinski definition) is 0. The molecule has 0 radical (unpaired) electrons. The van der Waals surface area contributed by atoms with Crippen LogP contribution in [0.5, 0.6) is 0 Å². The molecule has 13 rings (SSSR count). The van der Waals surface area contributed by atoms with Crippen molar-refractivity contribution in [3.8, 4) is 11.1 Å². The maximum atomic E-state index is 6.26. The molecule has 4 nitrogen and oxygen atoms in total. The fraction of sp³-hybridized carbons (Fsp3) is 0.0667. The van der Waals surface area contributed by atoms with Gasteiger partial charge in [-0.25, -0.2) is 0 Å². The SMILES string of the molecule is Cc1c2c3c(cccc3c3cc(N(c4ccccc4)c4ccc5oc6ccccc6c5c4)ccc13)C(C)(C)c1cc(N(c3ccccc3)c3ccc4oc5ccccc5c4c3)ccc1-2. The van der Waals surface area contributed by atoms with Gasteiger partial charge in [0.1, 0.15) is 22.3 Å². The Balaban J connectivity index is 0.990. The van der Waals surface area contributed by atoms with Gasteiger partial charge in [-0.1, -0.05) is 117 Å². The highest BCUT2D eigenvalue weighted by Gasteiger charge is 2.36. The van der Waals surface area contributed by atoms with Crippen molar-refractivity contribution in [1.82, 2.24) is 0 Å². The fourth-order valence-corrected chi connectivity index (χ4v) is 10.8. The summed E-state index contributed by atoms with van der Waals surface area (Å²) in [6, 6.07) is 72.2. The molecule has 12 aromatic rings. The Morgan fingerprint density at radius 2 is 0.812 bits per heavy atom. The topological polar surface area (TPSA) is 32.8 Å². The molecule has 10 aromatic carbocycles. The molecular formula is C60H42N2O2. The second-order valence-electron chi connectivity index (χ2n) is 17.7. The summed E-state index contributed by atoms with van der Waals surface area (Å²) in [6.45, 7) is 7.11. The number of anilines is 6. The van der Waals surface area contributed by atoms with E-state index in [2.05, 4.69) is 206 Å². The first kappa shape index (κ1) is 36.6. The Bertz CT molecular complexity index is 3840. The molecule has 0 atom stereocenters. The number of aryl methyl sites for hydroxylation is 1. The van der Waals surface area contributed by atoms with Crippen LogP contribution >= 0.6 is 0 Å². The molecule has 64 heavy (non-hydrogen) atoms. The Labute approximate surface area is 370 Å². The third kappa shape index (κ3) is 5.36. The Morgan fingerprint density at radius 3 is 1.41 bits per heavy atom. The molecular weight excluding hydrogens is 781 g/mol. The van der Waals surface area contributed by atoms with Crippen LogP contribution in [0.4, 0.5) is 34.1 Å². The third-order valence-electron chi connectivity index (χ3n) is 13.8. The minimum absolute atomic E-state index is 0.290. The molecule has 304 valence electrons. The predicted molar refractivity (Wildman–Crippen MR) is 268 cm³/mol. The summed E-state index contributed by atoms with van der Waals surface area (Å²) < 4.78 is 12.5. The molecule has 2 aromatic heterocycles. The van der Waals surface area contributed by atoms with Crippen LogP contribution < -0.4 is 9.80 Å². The van der Waals surface area contributed by atoms with Gasteiger partial charge in [-0.05, 0) is 153 Å². The molecule has 0 saturated heterocycles. The lowest BCUT2D eigenvalue weighted by molar-refractivity contribution is 0.645. The predicted octanol–water partition coefficient (Wildman–Crippen LogP) is 17.3.